The Bertz CT molecular complexity index is 304. The maximum absolute atomic E-state index is 3.65. The zero-order valence-electron chi connectivity index (χ0n) is 14.3. The van der Waals surface area contributed by atoms with Crippen LogP contribution in [0.3, 0.4) is 0 Å². The molecular formula is C19H36N2. The normalized spacial score (nSPS) is 29.0. The number of piperidine rings is 1. The standard InChI is InChI=1S/C19H36N2/c1-2-20-16-19(10-6-7-11-19)17-21-14-12-18(13-15-21)8-4-3-5-9-18/h20H,2-17H2,1H3. The summed E-state index contributed by atoms with van der Waals surface area (Å²) in [5.74, 6) is 0. The number of rotatable bonds is 5. The Kier molecular flexibility index (Phi) is 5.27. The van der Waals surface area contributed by atoms with Crippen molar-refractivity contribution in [1.82, 2.24) is 10.2 Å². The maximum atomic E-state index is 3.65. The van der Waals surface area contributed by atoms with Crippen molar-refractivity contribution in [3.05, 3.63) is 0 Å². The molecule has 0 atom stereocenters. The van der Waals surface area contributed by atoms with Crippen molar-refractivity contribution >= 4 is 0 Å². The van der Waals surface area contributed by atoms with Gasteiger partial charge in [0.25, 0.3) is 0 Å². The fourth-order valence-corrected chi connectivity index (χ4v) is 5.37. The molecule has 0 unspecified atom stereocenters. The lowest BCUT2D eigenvalue weighted by Gasteiger charge is -2.46. The second-order valence-corrected chi connectivity index (χ2v) is 8.32. The zero-order chi connectivity index (χ0) is 14.6. The number of hydrogen-bond donors (Lipinski definition) is 1. The molecule has 1 aliphatic heterocycles. The molecule has 3 rings (SSSR count). The lowest BCUT2D eigenvalue weighted by Crippen LogP contribution is -2.47. The van der Waals surface area contributed by atoms with Crippen molar-refractivity contribution in [3.8, 4) is 0 Å². The predicted octanol–water partition coefficient (Wildman–Crippen LogP) is 4.20. The van der Waals surface area contributed by atoms with Gasteiger partial charge in [0.15, 0.2) is 0 Å². The summed E-state index contributed by atoms with van der Waals surface area (Å²) < 4.78 is 0. The van der Waals surface area contributed by atoms with E-state index in [-0.39, 0.29) is 0 Å². The van der Waals surface area contributed by atoms with Crippen LogP contribution >= 0.6 is 0 Å². The molecule has 2 nitrogen and oxygen atoms in total. The van der Waals surface area contributed by atoms with Crippen LogP contribution in [0.2, 0.25) is 0 Å². The van der Waals surface area contributed by atoms with Gasteiger partial charge in [-0.1, -0.05) is 39.0 Å². The first-order valence-corrected chi connectivity index (χ1v) is 9.69. The van der Waals surface area contributed by atoms with E-state index >= 15 is 0 Å². The van der Waals surface area contributed by atoms with Crippen LogP contribution < -0.4 is 5.32 Å². The van der Waals surface area contributed by atoms with E-state index < -0.39 is 0 Å². The molecule has 0 aromatic carbocycles. The fraction of sp³-hybridized carbons (Fsp3) is 1.00. The van der Waals surface area contributed by atoms with E-state index in [0.717, 1.165) is 12.0 Å². The summed E-state index contributed by atoms with van der Waals surface area (Å²) in [4.78, 5) is 2.82. The minimum atomic E-state index is 0.604. The molecule has 1 heterocycles. The second-order valence-electron chi connectivity index (χ2n) is 8.32. The van der Waals surface area contributed by atoms with E-state index in [2.05, 4.69) is 17.1 Å². The topological polar surface area (TPSA) is 15.3 Å². The molecule has 122 valence electrons. The molecule has 3 fully saturated rings. The third-order valence-electron chi connectivity index (χ3n) is 6.80. The van der Waals surface area contributed by atoms with Crippen molar-refractivity contribution in [2.75, 3.05) is 32.7 Å². The Labute approximate surface area is 132 Å². The van der Waals surface area contributed by atoms with E-state index in [1.54, 1.807) is 0 Å². The number of likely N-dealkylation sites (tertiary alicyclic amines) is 1. The van der Waals surface area contributed by atoms with Gasteiger partial charge in [0, 0.05) is 13.1 Å². The highest BCUT2D eigenvalue weighted by molar-refractivity contribution is 4.93. The molecule has 0 bridgehead atoms. The molecule has 2 saturated carbocycles. The van der Waals surface area contributed by atoms with E-state index in [1.165, 1.54) is 96.8 Å². The van der Waals surface area contributed by atoms with Crippen molar-refractivity contribution in [2.24, 2.45) is 10.8 Å². The summed E-state index contributed by atoms with van der Waals surface area (Å²) in [5.41, 5.74) is 1.37. The number of nitrogens with one attached hydrogen (secondary N) is 1. The lowest BCUT2D eigenvalue weighted by atomic mass is 9.68. The molecule has 0 aromatic heterocycles. The van der Waals surface area contributed by atoms with Gasteiger partial charge in [-0.3, -0.25) is 0 Å². The summed E-state index contributed by atoms with van der Waals surface area (Å²) in [5, 5.41) is 3.65. The van der Waals surface area contributed by atoms with Crippen molar-refractivity contribution < 1.29 is 0 Å². The lowest BCUT2D eigenvalue weighted by molar-refractivity contribution is 0.0426. The number of hydrogen-bond acceptors (Lipinski definition) is 2. The molecule has 21 heavy (non-hydrogen) atoms. The Morgan fingerprint density at radius 3 is 2.05 bits per heavy atom. The molecule has 0 radical (unpaired) electrons. The molecular weight excluding hydrogens is 256 g/mol. The van der Waals surface area contributed by atoms with E-state index in [0.29, 0.717) is 5.41 Å². The van der Waals surface area contributed by atoms with Crippen LogP contribution in [-0.2, 0) is 0 Å². The van der Waals surface area contributed by atoms with Gasteiger partial charge < -0.3 is 10.2 Å². The first-order valence-electron chi connectivity index (χ1n) is 9.69. The third kappa shape index (κ3) is 3.82. The molecule has 2 heteroatoms. The summed E-state index contributed by atoms with van der Waals surface area (Å²) >= 11 is 0. The van der Waals surface area contributed by atoms with Crippen molar-refractivity contribution in [3.63, 3.8) is 0 Å². The summed E-state index contributed by atoms with van der Waals surface area (Å²) in [6.45, 7) is 8.77. The monoisotopic (exact) mass is 292 g/mol. The van der Waals surface area contributed by atoms with E-state index in [4.69, 9.17) is 0 Å². The molecule has 3 aliphatic rings. The highest BCUT2D eigenvalue weighted by atomic mass is 15.1. The Hall–Kier alpha value is -0.0800. The van der Waals surface area contributed by atoms with Gasteiger partial charge >= 0.3 is 0 Å². The van der Waals surface area contributed by atoms with Gasteiger partial charge in [0.05, 0.1) is 0 Å². The van der Waals surface area contributed by atoms with Crippen LogP contribution in [0.15, 0.2) is 0 Å². The van der Waals surface area contributed by atoms with Gasteiger partial charge in [-0.2, -0.15) is 0 Å². The maximum Gasteiger partial charge on any atom is 0.00501 e. The SMILES string of the molecule is CCNCC1(CN2CCC3(CCCCC3)CC2)CCCC1. The highest BCUT2D eigenvalue weighted by Gasteiger charge is 2.39. The smallest absolute Gasteiger partial charge is 0.00501 e. The molecule has 1 saturated heterocycles. The predicted molar refractivity (Wildman–Crippen MR) is 90.6 cm³/mol. The van der Waals surface area contributed by atoms with Crippen LogP contribution in [0.5, 0.6) is 0 Å². The molecule has 2 aliphatic carbocycles. The molecule has 0 amide bonds. The zero-order valence-corrected chi connectivity index (χ0v) is 14.3. The average molecular weight is 293 g/mol. The highest BCUT2D eigenvalue weighted by Crippen LogP contribution is 2.46. The van der Waals surface area contributed by atoms with Crippen molar-refractivity contribution in [1.29, 1.82) is 0 Å². The van der Waals surface area contributed by atoms with Crippen LogP contribution in [0.1, 0.15) is 77.6 Å². The number of nitrogens with zero attached hydrogens (tertiary/aromatic N) is 1. The third-order valence-corrected chi connectivity index (χ3v) is 6.80. The average Bonchev–Trinajstić information content (AvgIpc) is 2.98. The second kappa shape index (κ2) is 7.00. The van der Waals surface area contributed by atoms with Crippen LogP contribution in [0.4, 0.5) is 0 Å². The Morgan fingerprint density at radius 1 is 0.810 bits per heavy atom. The Balaban J connectivity index is 1.51. The minimum absolute atomic E-state index is 0.604. The molecule has 1 N–H and O–H groups in total. The first kappa shape index (κ1) is 15.8. The van der Waals surface area contributed by atoms with Gasteiger partial charge in [0.1, 0.15) is 0 Å². The van der Waals surface area contributed by atoms with Gasteiger partial charge in [0.2, 0.25) is 0 Å². The summed E-state index contributed by atoms with van der Waals surface area (Å²) in [6.07, 6.45) is 16.4. The van der Waals surface area contributed by atoms with Crippen LogP contribution in [0.25, 0.3) is 0 Å². The minimum Gasteiger partial charge on any atom is -0.316 e. The Morgan fingerprint density at radius 2 is 1.43 bits per heavy atom. The van der Waals surface area contributed by atoms with Crippen LogP contribution in [-0.4, -0.2) is 37.6 Å². The largest absolute Gasteiger partial charge is 0.316 e. The fourth-order valence-electron chi connectivity index (χ4n) is 5.37. The first-order chi connectivity index (χ1) is 10.3. The van der Waals surface area contributed by atoms with E-state index in [9.17, 15) is 0 Å². The molecule has 1 spiro atoms. The van der Waals surface area contributed by atoms with Gasteiger partial charge in [-0.05, 0) is 69.0 Å². The molecule has 0 aromatic rings. The summed E-state index contributed by atoms with van der Waals surface area (Å²) in [7, 11) is 0. The van der Waals surface area contributed by atoms with Crippen molar-refractivity contribution in [2.45, 2.75) is 77.6 Å². The van der Waals surface area contributed by atoms with Gasteiger partial charge in [-0.15, -0.1) is 0 Å². The van der Waals surface area contributed by atoms with Crippen LogP contribution in [0, 0.1) is 10.8 Å². The summed E-state index contributed by atoms with van der Waals surface area (Å²) in [6, 6.07) is 0. The van der Waals surface area contributed by atoms with E-state index in [1.807, 2.05) is 0 Å². The van der Waals surface area contributed by atoms with Gasteiger partial charge in [-0.25, -0.2) is 0 Å². The quantitative estimate of drug-likeness (QED) is 0.817.